The third-order valence-corrected chi connectivity index (χ3v) is 3.28. The molecule has 6 heteroatoms. The second-order valence-corrected chi connectivity index (χ2v) is 4.85. The number of benzene rings is 1. The van der Waals surface area contributed by atoms with Crippen LogP contribution in [0.5, 0.6) is 0 Å². The average molecular weight is 247 g/mol. The Morgan fingerprint density at radius 1 is 1.50 bits per heavy atom. The molecule has 0 bridgehead atoms. The predicted molar refractivity (Wildman–Crippen MR) is 66.5 cm³/mol. The number of nitrogens with one attached hydrogen (secondary N) is 1. The van der Waals surface area contributed by atoms with Crippen molar-refractivity contribution in [2.45, 2.75) is 25.8 Å². The maximum Gasteiger partial charge on any atom is 0.295 e. The molecule has 0 saturated heterocycles. The first kappa shape index (κ1) is 11.0. The fourth-order valence-corrected chi connectivity index (χ4v) is 2.29. The second kappa shape index (κ2) is 3.97. The van der Waals surface area contributed by atoms with Crippen LogP contribution in [0.2, 0.25) is 0 Å². The Morgan fingerprint density at radius 3 is 2.94 bits per heavy atom. The molecule has 94 valence electrons. The van der Waals surface area contributed by atoms with E-state index >= 15 is 0 Å². The molecule has 1 N–H and O–H groups in total. The van der Waals surface area contributed by atoms with Crippen LogP contribution in [0.1, 0.15) is 19.8 Å². The third kappa shape index (κ3) is 1.90. The Bertz CT molecular complexity index is 602. The summed E-state index contributed by atoms with van der Waals surface area (Å²) in [7, 11) is 0. The summed E-state index contributed by atoms with van der Waals surface area (Å²) in [6.45, 7) is 2.20. The van der Waals surface area contributed by atoms with Gasteiger partial charge in [0.2, 0.25) is 0 Å². The molecule has 0 unspecified atom stereocenters. The Labute approximate surface area is 103 Å². The molecule has 1 aromatic heterocycles. The molecule has 0 radical (unpaired) electrons. The maximum atomic E-state index is 10.7. The quantitative estimate of drug-likeness (QED) is 0.666. The minimum absolute atomic E-state index is 0.0274. The molecule has 0 spiro atoms. The number of non-ortho nitro benzene ring substituents is 1. The first-order valence-electron chi connectivity index (χ1n) is 5.93. The van der Waals surface area contributed by atoms with Crippen LogP contribution in [0.25, 0.3) is 11.1 Å². The van der Waals surface area contributed by atoms with E-state index in [1.165, 1.54) is 12.1 Å². The van der Waals surface area contributed by atoms with Crippen molar-refractivity contribution in [2.24, 2.45) is 5.92 Å². The van der Waals surface area contributed by atoms with Crippen LogP contribution < -0.4 is 5.32 Å². The van der Waals surface area contributed by atoms with E-state index in [9.17, 15) is 10.1 Å². The molecular formula is C12H13N3O3. The number of oxazole rings is 1. The Morgan fingerprint density at radius 2 is 2.28 bits per heavy atom. The van der Waals surface area contributed by atoms with Crippen molar-refractivity contribution in [2.75, 3.05) is 5.32 Å². The molecule has 1 aliphatic rings. The van der Waals surface area contributed by atoms with Gasteiger partial charge in [0.25, 0.3) is 11.7 Å². The standard InChI is InChI=1S/C12H13N3O3/c1-7-4-8(5-7)13-12-14-10-6-9(15(16)17)2-3-11(10)18-12/h2-3,6-8H,4-5H2,1H3,(H,13,14). The lowest BCUT2D eigenvalue weighted by atomic mass is 9.82. The molecule has 1 heterocycles. The number of rotatable bonds is 3. The largest absolute Gasteiger partial charge is 0.424 e. The van der Waals surface area contributed by atoms with E-state index in [1.807, 2.05) is 0 Å². The van der Waals surface area contributed by atoms with Gasteiger partial charge in [0.1, 0.15) is 5.52 Å². The number of hydrogen-bond acceptors (Lipinski definition) is 5. The molecule has 1 aromatic carbocycles. The van der Waals surface area contributed by atoms with Crippen LogP contribution in [0, 0.1) is 16.0 Å². The lowest BCUT2D eigenvalue weighted by Crippen LogP contribution is -2.33. The molecule has 0 atom stereocenters. The van der Waals surface area contributed by atoms with E-state index in [0.29, 0.717) is 23.2 Å². The number of hydrogen-bond donors (Lipinski definition) is 1. The van der Waals surface area contributed by atoms with Crippen LogP contribution >= 0.6 is 0 Å². The van der Waals surface area contributed by atoms with Gasteiger partial charge in [-0.3, -0.25) is 10.1 Å². The number of nitro benzene ring substituents is 1. The van der Waals surface area contributed by atoms with Crippen molar-refractivity contribution in [1.29, 1.82) is 0 Å². The number of aromatic nitrogens is 1. The number of nitro groups is 1. The van der Waals surface area contributed by atoms with Crippen molar-refractivity contribution in [3.8, 4) is 0 Å². The summed E-state index contributed by atoms with van der Waals surface area (Å²) in [6.07, 6.45) is 2.22. The van der Waals surface area contributed by atoms with E-state index in [4.69, 9.17) is 4.42 Å². The summed E-state index contributed by atoms with van der Waals surface area (Å²) in [4.78, 5) is 14.4. The van der Waals surface area contributed by atoms with Gasteiger partial charge in [0, 0.05) is 18.2 Å². The highest BCUT2D eigenvalue weighted by atomic mass is 16.6. The van der Waals surface area contributed by atoms with Gasteiger partial charge in [-0.2, -0.15) is 4.98 Å². The topological polar surface area (TPSA) is 81.2 Å². The number of nitrogens with zero attached hydrogens (tertiary/aromatic N) is 2. The zero-order chi connectivity index (χ0) is 12.7. The molecule has 1 saturated carbocycles. The molecule has 1 aliphatic carbocycles. The van der Waals surface area contributed by atoms with Gasteiger partial charge in [0.15, 0.2) is 5.58 Å². The van der Waals surface area contributed by atoms with Gasteiger partial charge in [-0.15, -0.1) is 0 Å². The first-order chi connectivity index (χ1) is 8.61. The molecule has 18 heavy (non-hydrogen) atoms. The van der Waals surface area contributed by atoms with E-state index < -0.39 is 4.92 Å². The number of fused-ring (bicyclic) bond motifs is 1. The monoisotopic (exact) mass is 247 g/mol. The normalized spacial score (nSPS) is 22.7. The van der Waals surface area contributed by atoms with Gasteiger partial charge >= 0.3 is 0 Å². The minimum Gasteiger partial charge on any atom is -0.424 e. The predicted octanol–water partition coefficient (Wildman–Crippen LogP) is 2.95. The van der Waals surface area contributed by atoms with Gasteiger partial charge in [-0.25, -0.2) is 0 Å². The lowest BCUT2D eigenvalue weighted by molar-refractivity contribution is -0.384. The van der Waals surface area contributed by atoms with Crippen LogP contribution in [0.15, 0.2) is 22.6 Å². The fourth-order valence-electron chi connectivity index (χ4n) is 2.29. The zero-order valence-electron chi connectivity index (χ0n) is 9.92. The second-order valence-electron chi connectivity index (χ2n) is 4.85. The van der Waals surface area contributed by atoms with Crippen molar-refractivity contribution in [3.05, 3.63) is 28.3 Å². The Kier molecular flexibility index (Phi) is 2.43. The SMILES string of the molecule is CC1CC(Nc2nc3cc([N+](=O)[O-])ccc3o2)C1. The highest BCUT2D eigenvalue weighted by molar-refractivity contribution is 5.77. The number of anilines is 1. The molecule has 0 amide bonds. The van der Waals surface area contributed by atoms with Crippen LogP contribution in [0.4, 0.5) is 11.7 Å². The summed E-state index contributed by atoms with van der Waals surface area (Å²) in [5.74, 6) is 0.743. The average Bonchev–Trinajstić information content (AvgIpc) is 2.67. The highest BCUT2D eigenvalue weighted by Crippen LogP contribution is 2.30. The summed E-state index contributed by atoms with van der Waals surface area (Å²) in [5.41, 5.74) is 1.11. The van der Waals surface area contributed by atoms with Crippen molar-refractivity contribution >= 4 is 22.8 Å². The Balaban J connectivity index is 1.84. The summed E-state index contributed by atoms with van der Waals surface area (Å²) in [5, 5.41) is 13.9. The molecule has 6 nitrogen and oxygen atoms in total. The van der Waals surface area contributed by atoms with Crippen molar-refractivity contribution < 1.29 is 9.34 Å². The summed E-state index contributed by atoms with van der Waals surface area (Å²) >= 11 is 0. The maximum absolute atomic E-state index is 10.7. The smallest absolute Gasteiger partial charge is 0.295 e. The van der Waals surface area contributed by atoms with Gasteiger partial charge < -0.3 is 9.73 Å². The molecule has 2 aromatic rings. The molecular weight excluding hydrogens is 234 g/mol. The van der Waals surface area contributed by atoms with Crippen molar-refractivity contribution in [1.82, 2.24) is 4.98 Å². The zero-order valence-corrected chi connectivity index (χ0v) is 9.92. The fraction of sp³-hybridized carbons (Fsp3) is 0.417. The van der Waals surface area contributed by atoms with Crippen LogP contribution in [-0.4, -0.2) is 15.9 Å². The van der Waals surface area contributed by atoms with Crippen molar-refractivity contribution in [3.63, 3.8) is 0 Å². The van der Waals surface area contributed by atoms with Gasteiger partial charge in [-0.05, 0) is 24.8 Å². The summed E-state index contributed by atoms with van der Waals surface area (Å²) in [6, 6.07) is 5.27. The Hall–Kier alpha value is -2.11. The molecule has 0 aliphatic heterocycles. The molecule has 3 rings (SSSR count). The first-order valence-corrected chi connectivity index (χ1v) is 5.93. The van der Waals surface area contributed by atoms with E-state index in [1.54, 1.807) is 6.07 Å². The third-order valence-electron chi connectivity index (χ3n) is 3.28. The minimum atomic E-state index is -0.436. The van der Waals surface area contributed by atoms with Crippen LogP contribution in [0.3, 0.4) is 0 Å². The van der Waals surface area contributed by atoms with E-state index in [-0.39, 0.29) is 5.69 Å². The van der Waals surface area contributed by atoms with E-state index in [2.05, 4.69) is 17.2 Å². The molecule has 1 fully saturated rings. The van der Waals surface area contributed by atoms with E-state index in [0.717, 1.165) is 18.8 Å². The summed E-state index contributed by atoms with van der Waals surface area (Å²) < 4.78 is 5.50. The highest BCUT2D eigenvalue weighted by Gasteiger charge is 2.26. The van der Waals surface area contributed by atoms with Gasteiger partial charge in [0.05, 0.1) is 4.92 Å². The van der Waals surface area contributed by atoms with Crippen LogP contribution in [-0.2, 0) is 0 Å². The van der Waals surface area contributed by atoms with Gasteiger partial charge in [-0.1, -0.05) is 6.92 Å². The lowest BCUT2D eigenvalue weighted by Gasteiger charge is -2.32.